The van der Waals surface area contributed by atoms with Crippen LogP contribution in [0.2, 0.25) is 0 Å². The zero-order valence-electron chi connectivity index (χ0n) is 64.4. The van der Waals surface area contributed by atoms with Crippen LogP contribution < -0.4 is 0 Å². The highest BCUT2D eigenvalue weighted by molar-refractivity contribution is 7.47. The summed E-state index contributed by atoms with van der Waals surface area (Å²) in [6, 6.07) is 0. The number of quaternary nitrogens is 1. The molecule has 0 amide bonds. The van der Waals surface area contributed by atoms with Gasteiger partial charge in [0.1, 0.15) is 19.8 Å². The molecule has 2 atom stereocenters. The molecule has 10 heteroatoms. The number of phosphoric ester groups is 1. The molecule has 0 radical (unpaired) electrons. The molecule has 9 nitrogen and oxygen atoms in total. The van der Waals surface area contributed by atoms with Gasteiger partial charge in [0.25, 0.3) is 0 Å². The summed E-state index contributed by atoms with van der Waals surface area (Å²) < 4.78 is 34.9. The normalized spacial score (nSPS) is 13.4. The Morgan fingerprint density at radius 2 is 0.594 bits per heavy atom. The second kappa shape index (κ2) is 76.6. The number of rotatable bonds is 78. The van der Waals surface area contributed by atoms with Gasteiger partial charge in [-0.1, -0.05) is 389 Å². The first-order valence-electron chi connectivity index (χ1n) is 41.7. The number of hydrogen-bond acceptors (Lipinski definition) is 7. The molecule has 0 aromatic carbocycles. The number of unbranched alkanes of at least 4 members (excludes halogenated alkanes) is 52. The fourth-order valence-corrected chi connectivity index (χ4v) is 13.1. The number of carbonyl (C=O) groups is 2. The first kappa shape index (κ1) is 93.5. The number of likely N-dealkylation sites (N-methyl/N-ethyl adjacent to an activating group) is 1. The van der Waals surface area contributed by atoms with Crippen LogP contribution in [0.15, 0.2) is 72.9 Å². The van der Waals surface area contributed by atoms with Gasteiger partial charge in [0.15, 0.2) is 6.10 Å². The van der Waals surface area contributed by atoms with Gasteiger partial charge in [-0.05, 0) is 83.5 Å². The van der Waals surface area contributed by atoms with Crippen LogP contribution in [-0.2, 0) is 32.7 Å². The topological polar surface area (TPSA) is 108 Å². The molecule has 0 saturated carbocycles. The van der Waals surface area contributed by atoms with E-state index in [0.717, 1.165) is 64.2 Å². The van der Waals surface area contributed by atoms with Crippen molar-refractivity contribution in [3.05, 3.63) is 72.9 Å². The van der Waals surface area contributed by atoms with E-state index < -0.39 is 26.5 Å². The molecule has 0 aromatic rings. The Morgan fingerprint density at radius 3 is 0.885 bits per heavy atom. The standard InChI is InChI=1S/C86H160NO8P/c1-6-8-10-12-14-16-18-20-22-24-26-28-30-32-34-36-38-39-40-41-42-43-44-45-46-47-49-50-52-54-56-58-60-62-64-66-68-70-72-74-76-78-85(88)92-82-84(83-94-96(90,91)93-81-80-87(3,4)5)95-86(89)79-77-75-73-71-69-67-65-63-61-59-57-55-53-51-48-37-35-33-31-29-27-25-23-21-19-17-15-13-11-9-7-2/h9,11,15,17-18,20-21,23-24,26-27,29,84H,6-8,10,12-14,16,19,22,25,28,30-83H2,1-5H3/p+1/b11-9-,17-15-,20-18-,23-21-,26-24-,29-27-. The van der Waals surface area contributed by atoms with Gasteiger partial charge in [0, 0.05) is 12.8 Å². The number of hydrogen-bond donors (Lipinski definition) is 1. The summed E-state index contributed by atoms with van der Waals surface area (Å²) in [5.41, 5.74) is 0. The van der Waals surface area contributed by atoms with Crippen molar-refractivity contribution in [1.29, 1.82) is 0 Å². The van der Waals surface area contributed by atoms with Crippen molar-refractivity contribution >= 4 is 19.8 Å². The Morgan fingerprint density at radius 1 is 0.333 bits per heavy atom. The van der Waals surface area contributed by atoms with E-state index in [1.807, 2.05) is 21.1 Å². The monoisotopic (exact) mass is 1370 g/mol. The van der Waals surface area contributed by atoms with E-state index in [2.05, 4.69) is 86.8 Å². The third kappa shape index (κ3) is 80.4. The lowest BCUT2D eigenvalue weighted by Gasteiger charge is -2.24. The quantitative estimate of drug-likeness (QED) is 0.0211. The number of ether oxygens (including phenoxy) is 2. The van der Waals surface area contributed by atoms with Gasteiger partial charge in [-0.2, -0.15) is 0 Å². The molecule has 0 bridgehead atoms. The zero-order valence-corrected chi connectivity index (χ0v) is 65.3. The molecule has 1 N–H and O–H groups in total. The summed E-state index contributed by atoms with van der Waals surface area (Å²) in [7, 11) is 1.50. The highest BCUT2D eigenvalue weighted by Gasteiger charge is 2.27. The van der Waals surface area contributed by atoms with E-state index in [-0.39, 0.29) is 25.6 Å². The highest BCUT2D eigenvalue weighted by atomic mass is 31.2. The van der Waals surface area contributed by atoms with E-state index in [9.17, 15) is 19.0 Å². The molecular formula is C86H161NO8P+. The average Bonchev–Trinajstić information content (AvgIpc) is 1.97. The van der Waals surface area contributed by atoms with Gasteiger partial charge in [-0.25, -0.2) is 4.57 Å². The van der Waals surface area contributed by atoms with Crippen LogP contribution in [0, 0.1) is 0 Å². The molecule has 0 aliphatic heterocycles. The smallest absolute Gasteiger partial charge is 0.462 e. The van der Waals surface area contributed by atoms with Gasteiger partial charge in [0.2, 0.25) is 0 Å². The minimum Gasteiger partial charge on any atom is -0.462 e. The second-order valence-electron chi connectivity index (χ2n) is 29.5. The van der Waals surface area contributed by atoms with Crippen LogP contribution in [-0.4, -0.2) is 74.9 Å². The van der Waals surface area contributed by atoms with Gasteiger partial charge < -0.3 is 18.9 Å². The van der Waals surface area contributed by atoms with E-state index in [4.69, 9.17) is 18.5 Å². The van der Waals surface area contributed by atoms with Crippen molar-refractivity contribution in [1.82, 2.24) is 0 Å². The third-order valence-electron chi connectivity index (χ3n) is 18.7. The second-order valence-corrected chi connectivity index (χ2v) is 30.9. The molecule has 0 aliphatic rings. The lowest BCUT2D eigenvalue weighted by molar-refractivity contribution is -0.870. The fraction of sp³-hybridized carbons (Fsp3) is 0.837. The number of phosphoric acid groups is 1. The molecule has 2 unspecified atom stereocenters. The Bertz CT molecular complexity index is 1850. The molecule has 96 heavy (non-hydrogen) atoms. The Labute approximate surface area is 597 Å². The minimum absolute atomic E-state index is 0.0333. The molecule has 0 rings (SSSR count). The van der Waals surface area contributed by atoms with E-state index in [1.54, 1.807) is 0 Å². The summed E-state index contributed by atoms with van der Waals surface area (Å²) in [4.78, 5) is 36.0. The van der Waals surface area contributed by atoms with Crippen LogP contribution in [0.4, 0.5) is 0 Å². The highest BCUT2D eigenvalue weighted by Crippen LogP contribution is 2.43. The van der Waals surface area contributed by atoms with Crippen LogP contribution in [0.1, 0.15) is 412 Å². The summed E-state index contributed by atoms with van der Waals surface area (Å²) in [5.74, 6) is -0.775. The zero-order chi connectivity index (χ0) is 69.7. The molecule has 0 fully saturated rings. The summed E-state index contributed by atoms with van der Waals surface area (Å²) in [6.07, 6.45) is 105. The van der Waals surface area contributed by atoms with E-state index >= 15 is 0 Å². The molecule has 562 valence electrons. The number of carbonyl (C=O) groups excluding carboxylic acids is 2. The van der Waals surface area contributed by atoms with E-state index in [1.165, 1.54) is 315 Å². The Balaban J connectivity index is 3.87. The van der Waals surface area contributed by atoms with Crippen molar-refractivity contribution in [2.45, 2.75) is 418 Å². The summed E-state index contributed by atoms with van der Waals surface area (Å²) >= 11 is 0. The SMILES string of the molecule is CC/C=C\C/C=C\C/C=C\C/C=C\CCCCCCCCCCCCCCCCCCCCC(=O)OC(COC(=O)CCCCCCCCCCCCCCCCCCCCCCCCCCCCCCC/C=C\C/C=C\CCCCCCC)COP(=O)(O)OCC[N+](C)(C)C. The molecule has 0 saturated heterocycles. The maximum atomic E-state index is 12.9. The average molecular weight is 1370 g/mol. The van der Waals surface area contributed by atoms with Crippen LogP contribution >= 0.6 is 7.82 Å². The van der Waals surface area contributed by atoms with Crippen molar-refractivity contribution in [3.63, 3.8) is 0 Å². The largest absolute Gasteiger partial charge is 0.472 e. The van der Waals surface area contributed by atoms with Gasteiger partial charge in [-0.15, -0.1) is 0 Å². The van der Waals surface area contributed by atoms with Crippen LogP contribution in [0.5, 0.6) is 0 Å². The van der Waals surface area contributed by atoms with Crippen molar-refractivity contribution in [2.75, 3.05) is 47.5 Å². The van der Waals surface area contributed by atoms with Gasteiger partial charge >= 0.3 is 19.8 Å². The third-order valence-corrected chi connectivity index (χ3v) is 19.7. The lowest BCUT2D eigenvalue weighted by Crippen LogP contribution is -2.37. The molecule has 0 aliphatic carbocycles. The number of esters is 2. The molecule has 0 spiro atoms. The Hall–Kier alpha value is -2.55. The maximum Gasteiger partial charge on any atom is 0.472 e. The molecule has 0 heterocycles. The maximum absolute atomic E-state index is 12.9. The van der Waals surface area contributed by atoms with Crippen molar-refractivity contribution < 1.29 is 42.1 Å². The first-order chi connectivity index (χ1) is 47.0. The first-order valence-corrected chi connectivity index (χ1v) is 43.2. The van der Waals surface area contributed by atoms with Crippen LogP contribution in [0.3, 0.4) is 0 Å². The van der Waals surface area contributed by atoms with Crippen molar-refractivity contribution in [3.8, 4) is 0 Å². The van der Waals surface area contributed by atoms with Gasteiger partial charge in [-0.3, -0.25) is 18.6 Å². The van der Waals surface area contributed by atoms with E-state index in [0.29, 0.717) is 23.9 Å². The van der Waals surface area contributed by atoms with Crippen molar-refractivity contribution in [2.24, 2.45) is 0 Å². The van der Waals surface area contributed by atoms with Crippen LogP contribution in [0.25, 0.3) is 0 Å². The molecular weight excluding hydrogens is 1210 g/mol. The molecule has 0 aromatic heterocycles. The lowest BCUT2D eigenvalue weighted by atomic mass is 10.0. The predicted molar refractivity (Wildman–Crippen MR) is 418 cm³/mol. The number of allylic oxidation sites excluding steroid dienone is 12. The predicted octanol–water partition coefficient (Wildman–Crippen LogP) is 27.8. The summed E-state index contributed by atoms with van der Waals surface area (Å²) in [5, 5.41) is 0. The fourth-order valence-electron chi connectivity index (χ4n) is 12.4. The number of nitrogens with zero attached hydrogens (tertiary/aromatic N) is 1. The Kier molecular flexibility index (Phi) is 74.6. The minimum atomic E-state index is -4.40. The summed E-state index contributed by atoms with van der Waals surface area (Å²) in [6.45, 7) is 4.38. The van der Waals surface area contributed by atoms with Gasteiger partial charge in [0.05, 0.1) is 27.7 Å².